The van der Waals surface area contributed by atoms with Crippen LogP contribution in [0.5, 0.6) is 0 Å². The van der Waals surface area contributed by atoms with Crippen LogP contribution in [0.3, 0.4) is 0 Å². The summed E-state index contributed by atoms with van der Waals surface area (Å²) in [6.45, 7) is 4.27. The first-order chi connectivity index (χ1) is 14.5. The summed E-state index contributed by atoms with van der Waals surface area (Å²) >= 11 is 3.13. The molecule has 0 unspecified atom stereocenters. The summed E-state index contributed by atoms with van der Waals surface area (Å²) in [5.74, 6) is 1.89. The Kier molecular flexibility index (Phi) is 8.39. The minimum absolute atomic E-state index is 0.0418. The SMILES string of the molecule is CCCCc1ccc(NC(=O)CSc2nnc(CSc3ccc(C)cc3)n2C)cc1. The van der Waals surface area contributed by atoms with Gasteiger partial charge >= 0.3 is 0 Å². The fourth-order valence-corrected chi connectivity index (χ4v) is 4.45. The first-order valence-electron chi connectivity index (χ1n) is 10.1. The fourth-order valence-electron chi connectivity index (χ4n) is 2.84. The third-order valence-electron chi connectivity index (χ3n) is 4.70. The molecule has 1 N–H and O–H groups in total. The van der Waals surface area contributed by atoms with Gasteiger partial charge in [-0.2, -0.15) is 0 Å². The van der Waals surface area contributed by atoms with E-state index >= 15 is 0 Å². The molecule has 5 nitrogen and oxygen atoms in total. The second-order valence-corrected chi connectivity index (χ2v) is 9.19. The molecular formula is C23H28N4OS2. The van der Waals surface area contributed by atoms with E-state index in [-0.39, 0.29) is 5.91 Å². The monoisotopic (exact) mass is 440 g/mol. The molecule has 0 radical (unpaired) electrons. The maximum Gasteiger partial charge on any atom is 0.234 e. The second-order valence-electron chi connectivity index (χ2n) is 7.20. The minimum atomic E-state index is -0.0418. The highest BCUT2D eigenvalue weighted by Gasteiger charge is 2.12. The lowest BCUT2D eigenvalue weighted by atomic mass is 10.1. The van der Waals surface area contributed by atoms with Crippen LogP contribution in [0.2, 0.25) is 0 Å². The molecule has 30 heavy (non-hydrogen) atoms. The topological polar surface area (TPSA) is 59.8 Å². The first kappa shape index (κ1) is 22.4. The van der Waals surface area contributed by atoms with Crippen molar-refractivity contribution in [2.24, 2.45) is 7.05 Å². The Balaban J connectivity index is 1.47. The average molecular weight is 441 g/mol. The average Bonchev–Trinajstić information content (AvgIpc) is 3.11. The quantitative estimate of drug-likeness (QED) is 0.423. The molecule has 158 valence electrons. The van der Waals surface area contributed by atoms with Crippen molar-refractivity contribution in [2.75, 3.05) is 11.1 Å². The lowest BCUT2D eigenvalue weighted by molar-refractivity contribution is -0.113. The van der Waals surface area contributed by atoms with E-state index in [4.69, 9.17) is 0 Å². The number of aromatic nitrogens is 3. The Hall–Kier alpha value is -2.25. The van der Waals surface area contributed by atoms with E-state index in [1.165, 1.54) is 40.6 Å². The molecule has 0 bridgehead atoms. The van der Waals surface area contributed by atoms with Crippen molar-refractivity contribution in [1.29, 1.82) is 0 Å². The largest absolute Gasteiger partial charge is 0.325 e. The predicted molar refractivity (Wildman–Crippen MR) is 126 cm³/mol. The number of aryl methyl sites for hydroxylation is 2. The lowest BCUT2D eigenvalue weighted by Crippen LogP contribution is -2.14. The lowest BCUT2D eigenvalue weighted by Gasteiger charge is -2.07. The van der Waals surface area contributed by atoms with Crippen LogP contribution in [0.4, 0.5) is 5.69 Å². The zero-order chi connectivity index (χ0) is 21.3. The van der Waals surface area contributed by atoms with Crippen LogP contribution in [0, 0.1) is 6.92 Å². The van der Waals surface area contributed by atoms with Gasteiger partial charge in [-0.05, 0) is 49.6 Å². The molecule has 3 rings (SSSR count). The van der Waals surface area contributed by atoms with Gasteiger partial charge in [0.2, 0.25) is 5.91 Å². The van der Waals surface area contributed by atoms with Gasteiger partial charge in [0, 0.05) is 17.6 Å². The van der Waals surface area contributed by atoms with Crippen LogP contribution in [-0.2, 0) is 24.0 Å². The molecule has 0 aliphatic heterocycles. The van der Waals surface area contributed by atoms with E-state index in [0.29, 0.717) is 5.75 Å². The number of carbonyl (C=O) groups excluding carboxylic acids is 1. The van der Waals surface area contributed by atoms with Gasteiger partial charge < -0.3 is 9.88 Å². The third kappa shape index (κ3) is 6.64. The third-order valence-corrected chi connectivity index (χ3v) is 6.73. The van der Waals surface area contributed by atoms with Crippen molar-refractivity contribution >= 4 is 35.1 Å². The van der Waals surface area contributed by atoms with Gasteiger partial charge in [0.05, 0.1) is 11.5 Å². The molecule has 1 heterocycles. The van der Waals surface area contributed by atoms with Crippen molar-refractivity contribution in [3.63, 3.8) is 0 Å². The van der Waals surface area contributed by atoms with E-state index < -0.39 is 0 Å². The van der Waals surface area contributed by atoms with E-state index in [0.717, 1.165) is 28.8 Å². The van der Waals surface area contributed by atoms with Crippen LogP contribution < -0.4 is 5.32 Å². The molecule has 0 saturated carbocycles. The van der Waals surface area contributed by atoms with Gasteiger partial charge in [-0.1, -0.05) is 54.9 Å². The number of rotatable bonds is 10. The van der Waals surface area contributed by atoms with Gasteiger partial charge in [-0.15, -0.1) is 22.0 Å². The van der Waals surface area contributed by atoms with Gasteiger partial charge in [0.1, 0.15) is 5.82 Å². The highest BCUT2D eigenvalue weighted by Crippen LogP contribution is 2.24. The number of nitrogens with one attached hydrogen (secondary N) is 1. The smallest absolute Gasteiger partial charge is 0.234 e. The number of hydrogen-bond donors (Lipinski definition) is 1. The van der Waals surface area contributed by atoms with Crippen LogP contribution in [-0.4, -0.2) is 26.4 Å². The Labute approximate surface area is 187 Å². The number of nitrogens with zero attached hydrogens (tertiary/aromatic N) is 3. The number of unbranched alkanes of at least 4 members (excludes halogenated alkanes) is 1. The summed E-state index contributed by atoms with van der Waals surface area (Å²) in [6, 6.07) is 16.6. The minimum Gasteiger partial charge on any atom is -0.325 e. The predicted octanol–water partition coefficient (Wildman–Crippen LogP) is 5.49. The summed E-state index contributed by atoms with van der Waals surface area (Å²) in [7, 11) is 1.94. The van der Waals surface area contributed by atoms with Crippen molar-refractivity contribution < 1.29 is 4.79 Å². The highest BCUT2D eigenvalue weighted by atomic mass is 32.2. The van der Waals surface area contributed by atoms with E-state index in [2.05, 4.69) is 65.8 Å². The molecular weight excluding hydrogens is 412 g/mol. The Morgan fingerprint density at radius 1 is 1.03 bits per heavy atom. The zero-order valence-corrected chi connectivity index (χ0v) is 19.4. The Morgan fingerprint density at radius 2 is 1.77 bits per heavy atom. The molecule has 0 aliphatic rings. The van der Waals surface area contributed by atoms with Gasteiger partial charge in [-0.25, -0.2) is 0 Å². The van der Waals surface area contributed by atoms with Gasteiger partial charge in [-0.3, -0.25) is 4.79 Å². The number of anilines is 1. The number of hydrogen-bond acceptors (Lipinski definition) is 5. The standard InChI is InChI=1S/C23H28N4OS2/c1-4-5-6-18-9-11-19(12-10-18)24-22(28)16-30-23-26-25-21(27(23)3)15-29-20-13-7-17(2)8-14-20/h7-14H,4-6,15-16H2,1-3H3,(H,24,28). The van der Waals surface area contributed by atoms with E-state index in [9.17, 15) is 4.79 Å². The second kappa shape index (κ2) is 11.2. The molecule has 0 spiro atoms. The summed E-state index contributed by atoms with van der Waals surface area (Å²) in [4.78, 5) is 13.5. The molecule has 0 atom stereocenters. The van der Waals surface area contributed by atoms with Crippen LogP contribution in [0.1, 0.15) is 36.7 Å². The first-order valence-corrected chi connectivity index (χ1v) is 12.1. The van der Waals surface area contributed by atoms with Crippen molar-refractivity contribution in [3.05, 3.63) is 65.5 Å². The molecule has 0 fully saturated rings. The molecule has 1 aromatic heterocycles. The van der Waals surface area contributed by atoms with Crippen molar-refractivity contribution in [3.8, 4) is 0 Å². The maximum atomic E-state index is 12.3. The Bertz CT molecular complexity index is 952. The number of carbonyl (C=O) groups is 1. The molecule has 3 aromatic rings. The highest BCUT2D eigenvalue weighted by molar-refractivity contribution is 7.99. The molecule has 7 heteroatoms. The molecule has 1 amide bonds. The summed E-state index contributed by atoms with van der Waals surface area (Å²) in [5.41, 5.74) is 3.38. The summed E-state index contributed by atoms with van der Waals surface area (Å²) in [6.07, 6.45) is 3.45. The van der Waals surface area contributed by atoms with Crippen LogP contribution >= 0.6 is 23.5 Å². The fraction of sp³-hybridized carbons (Fsp3) is 0.348. The van der Waals surface area contributed by atoms with Crippen LogP contribution in [0.15, 0.2) is 58.6 Å². The van der Waals surface area contributed by atoms with Crippen LogP contribution in [0.25, 0.3) is 0 Å². The Morgan fingerprint density at radius 3 is 2.47 bits per heavy atom. The number of thioether (sulfide) groups is 2. The van der Waals surface area contributed by atoms with E-state index in [1.807, 2.05) is 23.7 Å². The molecule has 2 aromatic carbocycles. The number of benzene rings is 2. The van der Waals surface area contributed by atoms with Crippen molar-refractivity contribution in [2.45, 2.75) is 48.9 Å². The van der Waals surface area contributed by atoms with Crippen molar-refractivity contribution in [1.82, 2.24) is 14.8 Å². The van der Waals surface area contributed by atoms with Gasteiger partial charge in [0.15, 0.2) is 5.16 Å². The summed E-state index contributed by atoms with van der Waals surface area (Å²) < 4.78 is 1.96. The number of amides is 1. The normalized spacial score (nSPS) is 10.9. The molecule has 0 aliphatic carbocycles. The molecule has 0 saturated heterocycles. The van der Waals surface area contributed by atoms with Gasteiger partial charge in [0.25, 0.3) is 0 Å². The maximum absolute atomic E-state index is 12.3. The van der Waals surface area contributed by atoms with E-state index in [1.54, 1.807) is 11.8 Å². The zero-order valence-electron chi connectivity index (χ0n) is 17.7. The summed E-state index contributed by atoms with van der Waals surface area (Å²) in [5, 5.41) is 12.2.